The lowest BCUT2D eigenvalue weighted by molar-refractivity contribution is -0.130. The number of fused-ring (bicyclic) bond motifs is 2. The van der Waals surface area contributed by atoms with Crippen molar-refractivity contribution in [1.82, 2.24) is 13.8 Å². The van der Waals surface area contributed by atoms with E-state index in [2.05, 4.69) is 13.0 Å². The van der Waals surface area contributed by atoms with E-state index in [1.165, 1.54) is 4.31 Å². The van der Waals surface area contributed by atoms with Gasteiger partial charge in [-0.3, -0.25) is 9.59 Å². The summed E-state index contributed by atoms with van der Waals surface area (Å²) in [5.74, 6) is -0.101. The number of aryl methyl sites for hydroxylation is 1. The van der Waals surface area contributed by atoms with Gasteiger partial charge in [-0.2, -0.15) is 4.31 Å². The second-order valence-electron chi connectivity index (χ2n) is 10.6. The number of benzene rings is 2. The molecule has 9 nitrogen and oxygen atoms in total. The Bertz CT molecular complexity index is 1630. The molecule has 40 heavy (non-hydrogen) atoms. The Balaban J connectivity index is 1.44. The van der Waals surface area contributed by atoms with Crippen molar-refractivity contribution >= 4 is 50.1 Å². The Morgan fingerprint density at radius 3 is 2.52 bits per heavy atom. The van der Waals surface area contributed by atoms with Gasteiger partial charge in [-0.05, 0) is 49.1 Å². The number of amides is 2. The number of sulfonamides is 1. The molecule has 3 aromatic rings. The molecule has 2 aromatic carbocycles. The molecular formula is C30H34N4O5S. The monoisotopic (exact) mass is 562 g/mol. The predicted octanol–water partition coefficient (Wildman–Crippen LogP) is 3.36. The molecule has 2 amide bonds. The number of anilines is 1. The summed E-state index contributed by atoms with van der Waals surface area (Å²) < 4.78 is 35.5. The fraction of sp³-hybridized carbons (Fsp3) is 0.400. The van der Waals surface area contributed by atoms with Crippen molar-refractivity contribution in [3.05, 3.63) is 59.3 Å². The standard InChI is InChI=1S/C30H34N4O5S/c1-3-21-7-6-8-24-22(19-33(29(21)24)20-28(35)32-11-4-5-12-32)17-26-25-18-23(9-10-27(25)31(2)30(26)36)40(37,38)34-13-15-39-16-14-34/h6-10,17-19H,3-5,11-16,20H2,1-2H3. The molecule has 2 fully saturated rings. The van der Waals surface area contributed by atoms with Gasteiger partial charge in [0, 0.05) is 61.5 Å². The molecule has 3 aliphatic rings. The third-order valence-electron chi connectivity index (χ3n) is 8.22. The Kier molecular flexibility index (Phi) is 7.02. The van der Waals surface area contributed by atoms with Crippen LogP contribution in [0.4, 0.5) is 5.69 Å². The Morgan fingerprint density at radius 1 is 1.05 bits per heavy atom. The number of hydrogen-bond acceptors (Lipinski definition) is 5. The number of aromatic nitrogens is 1. The van der Waals surface area contributed by atoms with E-state index in [4.69, 9.17) is 4.74 Å². The van der Waals surface area contributed by atoms with Gasteiger partial charge in [-0.15, -0.1) is 0 Å². The number of carbonyl (C=O) groups is 2. The first-order valence-corrected chi connectivity index (χ1v) is 15.3. The van der Waals surface area contributed by atoms with E-state index in [1.54, 1.807) is 30.1 Å². The number of morpholine rings is 1. The van der Waals surface area contributed by atoms with Gasteiger partial charge in [-0.25, -0.2) is 8.42 Å². The lowest BCUT2D eigenvalue weighted by atomic mass is 10.0. The van der Waals surface area contributed by atoms with Crippen molar-refractivity contribution < 1.29 is 22.7 Å². The summed E-state index contributed by atoms with van der Waals surface area (Å²) >= 11 is 0. The predicted molar refractivity (Wildman–Crippen MR) is 154 cm³/mol. The van der Waals surface area contributed by atoms with E-state index in [-0.39, 0.29) is 23.3 Å². The highest BCUT2D eigenvalue weighted by atomic mass is 32.2. The fourth-order valence-corrected chi connectivity index (χ4v) is 7.46. The van der Waals surface area contributed by atoms with Crippen LogP contribution in [0, 0.1) is 0 Å². The minimum atomic E-state index is -3.73. The van der Waals surface area contributed by atoms with E-state index in [0.29, 0.717) is 43.1 Å². The summed E-state index contributed by atoms with van der Waals surface area (Å²) in [6, 6.07) is 11.0. The van der Waals surface area contributed by atoms with Gasteiger partial charge in [-0.1, -0.05) is 25.1 Å². The van der Waals surface area contributed by atoms with Crippen LogP contribution >= 0.6 is 0 Å². The normalized spacial score (nSPS) is 19.2. The van der Waals surface area contributed by atoms with E-state index in [9.17, 15) is 18.0 Å². The summed E-state index contributed by atoms with van der Waals surface area (Å²) in [6.07, 6.45) is 6.67. The number of hydrogen-bond donors (Lipinski definition) is 0. The second kappa shape index (κ2) is 10.5. The Hall–Kier alpha value is -3.47. The summed E-state index contributed by atoms with van der Waals surface area (Å²) in [5, 5.41) is 0.960. The molecule has 1 aromatic heterocycles. The number of para-hydroxylation sites is 1. The number of nitrogens with zero attached hydrogens (tertiary/aromatic N) is 4. The quantitative estimate of drug-likeness (QED) is 0.430. The van der Waals surface area contributed by atoms with Gasteiger partial charge in [0.25, 0.3) is 5.91 Å². The second-order valence-corrected chi connectivity index (χ2v) is 12.5. The summed E-state index contributed by atoms with van der Waals surface area (Å²) in [5.41, 5.74) is 4.63. The maximum atomic E-state index is 13.5. The number of likely N-dealkylation sites (N-methyl/N-ethyl adjacent to an activating group) is 1. The zero-order chi connectivity index (χ0) is 28.0. The first-order valence-electron chi connectivity index (χ1n) is 13.9. The van der Waals surface area contributed by atoms with E-state index in [1.807, 2.05) is 33.9 Å². The molecule has 0 atom stereocenters. The van der Waals surface area contributed by atoms with Gasteiger partial charge in [0.2, 0.25) is 15.9 Å². The maximum Gasteiger partial charge on any atom is 0.258 e. The molecule has 0 N–H and O–H groups in total. The van der Waals surface area contributed by atoms with Gasteiger partial charge >= 0.3 is 0 Å². The molecule has 0 unspecified atom stereocenters. The van der Waals surface area contributed by atoms with Gasteiger partial charge < -0.3 is 19.1 Å². The van der Waals surface area contributed by atoms with Crippen LogP contribution in [0.25, 0.3) is 22.6 Å². The van der Waals surface area contributed by atoms with Gasteiger partial charge in [0.1, 0.15) is 6.54 Å². The number of carbonyl (C=O) groups excluding carboxylic acids is 2. The fourth-order valence-electron chi connectivity index (χ4n) is 6.02. The number of rotatable bonds is 6. The first kappa shape index (κ1) is 26.7. The van der Waals surface area contributed by atoms with Crippen molar-refractivity contribution in [3.8, 4) is 0 Å². The van der Waals surface area contributed by atoms with Crippen LogP contribution in [-0.2, 0) is 37.3 Å². The third kappa shape index (κ3) is 4.53. The first-order chi connectivity index (χ1) is 19.3. The van der Waals surface area contributed by atoms with Crippen LogP contribution in [0.2, 0.25) is 0 Å². The molecule has 4 heterocycles. The van der Waals surface area contributed by atoms with Crippen LogP contribution in [0.3, 0.4) is 0 Å². The van der Waals surface area contributed by atoms with Crippen LogP contribution in [0.1, 0.15) is 36.5 Å². The van der Waals surface area contributed by atoms with Crippen LogP contribution in [0.5, 0.6) is 0 Å². The lowest BCUT2D eigenvalue weighted by Crippen LogP contribution is -2.40. The third-order valence-corrected chi connectivity index (χ3v) is 10.1. The zero-order valence-corrected chi connectivity index (χ0v) is 23.7. The average Bonchev–Trinajstić information content (AvgIpc) is 3.69. The molecule has 3 aliphatic heterocycles. The molecule has 0 saturated carbocycles. The molecule has 2 saturated heterocycles. The largest absolute Gasteiger partial charge is 0.379 e. The van der Waals surface area contributed by atoms with Crippen LogP contribution in [0.15, 0.2) is 47.5 Å². The molecule has 210 valence electrons. The molecule has 0 bridgehead atoms. The van der Waals surface area contributed by atoms with E-state index < -0.39 is 10.0 Å². The minimum Gasteiger partial charge on any atom is -0.379 e. The highest BCUT2D eigenvalue weighted by molar-refractivity contribution is 7.89. The summed E-state index contributed by atoms with van der Waals surface area (Å²) in [6.45, 7) is 5.25. The molecule has 6 rings (SSSR count). The summed E-state index contributed by atoms with van der Waals surface area (Å²) in [7, 11) is -2.03. The van der Waals surface area contributed by atoms with Gasteiger partial charge in [0.15, 0.2) is 0 Å². The lowest BCUT2D eigenvalue weighted by Gasteiger charge is -2.26. The van der Waals surface area contributed by atoms with Gasteiger partial charge in [0.05, 0.1) is 29.3 Å². The molecule has 0 aliphatic carbocycles. The van der Waals surface area contributed by atoms with Crippen molar-refractivity contribution in [2.75, 3.05) is 51.3 Å². The van der Waals surface area contributed by atoms with E-state index in [0.717, 1.165) is 54.4 Å². The van der Waals surface area contributed by atoms with Crippen molar-refractivity contribution in [2.45, 2.75) is 37.6 Å². The summed E-state index contributed by atoms with van der Waals surface area (Å²) in [4.78, 5) is 30.2. The molecule has 10 heteroatoms. The average molecular weight is 563 g/mol. The van der Waals surface area contributed by atoms with Crippen molar-refractivity contribution in [1.29, 1.82) is 0 Å². The van der Waals surface area contributed by atoms with Crippen LogP contribution < -0.4 is 4.90 Å². The maximum absolute atomic E-state index is 13.5. The molecular weight excluding hydrogens is 528 g/mol. The number of likely N-dealkylation sites (tertiary alicyclic amines) is 1. The SMILES string of the molecule is CCc1cccc2c(C=C3C(=O)N(C)c4ccc(S(=O)(=O)N5CCOCC5)cc43)cn(CC(=O)N3CCCC3)c12. The van der Waals surface area contributed by atoms with Crippen molar-refractivity contribution in [3.63, 3.8) is 0 Å². The van der Waals surface area contributed by atoms with E-state index >= 15 is 0 Å². The molecule has 0 spiro atoms. The van der Waals surface area contributed by atoms with Crippen molar-refractivity contribution in [2.24, 2.45) is 0 Å². The minimum absolute atomic E-state index is 0.0968. The molecule has 0 radical (unpaired) electrons. The Labute approximate surface area is 234 Å². The Morgan fingerprint density at radius 2 is 1.80 bits per heavy atom. The number of ether oxygens (including phenoxy) is 1. The highest BCUT2D eigenvalue weighted by Crippen LogP contribution is 2.40. The topological polar surface area (TPSA) is 92.2 Å². The van der Waals surface area contributed by atoms with Crippen LogP contribution in [-0.4, -0.2) is 80.4 Å². The highest BCUT2D eigenvalue weighted by Gasteiger charge is 2.33. The zero-order valence-electron chi connectivity index (χ0n) is 22.9. The smallest absolute Gasteiger partial charge is 0.258 e.